The first-order valence-corrected chi connectivity index (χ1v) is 7.13. The second-order valence-electron chi connectivity index (χ2n) is 5.51. The second kappa shape index (κ2) is 6.74. The van der Waals surface area contributed by atoms with Crippen LogP contribution in [0.5, 0.6) is 0 Å². The van der Waals surface area contributed by atoms with Crippen molar-refractivity contribution in [3.63, 3.8) is 0 Å². The number of amides is 2. The van der Waals surface area contributed by atoms with Crippen LogP contribution in [0.3, 0.4) is 0 Å². The number of nitrogen functional groups attached to an aromatic ring is 1. The summed E-state index contributed by atoms with van der Waals surface area (Å²) in [6, 6.07) is 5.09. The van der Waals surface area contributed by atoms with E-state index in [1.54, 1.807) is 18.2 Å². The van der Waals surface area contributed by atoms with Gasteiger partial charge >= 0.3 is 0 Å². The predicted octanol–water partition coefficient (Wildman–Crippen LogP) is 2.07. The van der Waals surface area contributed by atoms with Crippen LogP contribution in [0.4, 0.5) is 5.69 Å². The number of carbonyl (C=O) groups excluding carboxylic acids is 2. The number of carbonyl (C=O) groups is 2. The normalized spacial score (nSPS) is 11.0. The molecule has 0 aliphatic carbocycles. The minimum Gasteiger partial charge on any atom is -0.398 e. The lowest BCUT2D eigenvalue weighted by Crippen LogP contribution is -2.42. The molecule has 2 amide bonds. The van der Waals surface area contributed by atoms with Crippen molar-refractivity contribution in [2.24, 2.45) is 0 Å². The van der Waals surface area contributed by atoms with Crippen LogP contribution in [0.15, 0.2) is 22.7 Å². The van der Waals surface area contributed by atoms with Gasteiger partial charge in [0, 0.05) is 24.2 Å². The molecule has 0 bridgehead atoms. The lowest BCUT2D eigenvalue weighted by molar-refractivity contribution is -0.122. The fourth-order valence-electron chi connectivity index (χ4n) is 1.59. The van der Waals surface area contributed by atoms with Crippen LogP contribution in [0.2, 0.25) is 0 Å². The van der Waals surface area contributed by atoms with Crippen LogP contribution < -0.4 is 16.4 Å². The summed E-state index contributed by atoms with van der Waals surface area (Å²) < 4.78 is 0.566. The van der Waals surface area contributed by atoms with Crippen molar-refractivity contribution in [1.82, 2.24) is 10.6 Å². The largest absolute Gasteiger partial charge is 0.398 e. The van der Waals surface area contributed by atoms with Gasteiger partial charge in [-0.15, -0.1) is 0 Å². The highest BCUT2D eigenvalue weighted by Crippen LogP contribution is 2.23. The number of hydrogen-bond donors (Lipinski definition) is 3. The molecule has 0 aromatic heterocycles. The highest BCUT2D eigenvalue weighted by atomic mass is 79.9. The Balaban J connectivity index is 2.48. The lowest BCUT2D eigenvalue weighted by atomic mass is 10.1. The number of nitrogens with two attached hydrogens (primary N) is 1. The molecular formula is C14H20BrN3O2. The first-order valence-electron chi connectivity index (χ1n) is 6.34. The molecule has 0 atom stereocenters. The average molecular weight is 342 g/mol. The molecule has 4 N–H and O–H groups in total. The number of anilines is 1. The summed E-state index contributed by atoms with van der Waals surface area (Å²) in [6.45, 7) is 6.01. The Hall–Kier alpha value is -1.56. The van der Waals surface area contributed by atoms with E-state index in [-0.39, 0.29) is 30.3 Å². The van der Waals surface area contributed by atoms with Crippen molar-refractivity contribution in [3.05, 3.63) is 28.2 Å². The molecule has 6 heteroatoms. The molecule has 20 heavy (non-hydrogen) atoms. The molecule has 0 spiro atoms. The molecule has 1 aromatic carbocycles. The van der Waals surface area contributed by atoms with Crippen molar-refractivity contribution in [1.29, 1.82) is 0 Å². The Bertz CT molecular complexity index is 510. The standard InChI is InChI=1S/C14H20BrN3O2/c1-14(2,3)18-11(19)7-8-17-13(20)9-5-4-6-10(16)12(9)15/h4-6H,7-8,16H2,1-3H3,(H,17,20)(H,18,19). The van der Waals surface area contributed by atoms with Crippen molar-refractivity contribution in [2.75, 3.05) is 12.3 Å². The smallest absolute Gasteiger partial charge is 0.252 e. The zero-order chi connectivity index (χ0) is 15.3. The van der Waals surface area contributed by atoms with Crippen molar-refractivity contribution >= 4 is 33.4 Å². The zero-order valence-electron chi connectivity index (χ0n) is 11.9. The predicted molar refractivity (Wildman–Crippen MR) is 83.4 cm³/mol. The van der Waals surface area contributed by atoms with Gasteiger partial charge in [-0.1, -0.05) is 6.07 Å². The third kappa shape index (κ3) is 5.21. The molecule has 1 aromatic rings. The Morgan fingerprint density at radius 3 is 2.55 bits per heavy atom. The minimum atomic E-state index is -0.266. The minimum absolute atomic E-state index is 0.0931. The molecule has 0 saturated heterocycles. The van der Waals surface area contributed by atoms with Gasteiger partial charge < -0.3 is 16.4 Å². The molecule has 0 unspecified atom stereocenters. The SMILES string of the molecule is CC(C)(C)NC(=O)CCNC(=O)c1cccc(N)c1Br. The fourth-order valence-corrected chi connectivity index (χ4v) is 2.04. The maximum atomic E-state index is 12.0. The Morgan fingerprint density at radius 2 is 1.95 bits per heavy atom. The highest BCUT2D eigenvalue weighted by molar-refractivity contribution is 9.10. The summed E-state index contributed by atoms with van der Waals surface area (Å²) in [4.78, 5) is 23.6. The summed E-state index contributed by atoms with van der Waals surface area (Å²) in [5.41, 5.74) is 6.41. The van der Waals surface area contributed by atoms with E-state index in [4.69, 9.17) is 5.73 Å². The summed E-state index contributed by atoms with van der Waals surface area (Å²) in [5.74, 6) is -0.350. The molecule has 5 nitrogen and oxygen atoms in total. The van der Waals surface area contributed by atoms with Gasteiger partial charge in [-0.25, -0.2) is 0 Å². The average Bonchev–Trinajstić information content (AvgIpc) is 2.30. The Morgan fingerprint density at radius 1 is 1.30 bits per heavy atom. The van der Waals surface area contributed by atoms with E-state index in [0.717, 1.165) is 0 Å². The molecule has 0 saturated carbocycles. The topological polar surface area (TPSA) is 84.2 Å². The lowest BCUT2D eigenvalue weighted by Gasteiger charge is -2.20. The van der Waals surface area contributed by atoms with Crippen LogP contribution in [0.1, 0.15) is 37.6 Å². The molecule has 0 radical (unpaired) electrons. The van der Waals surface area contributed by atoms with E-state index in [1.807, 2.05) is 20.8 Å². The van der Waals surface area contributed by atoms with Gasteiger partial charge in [-0.3, -0.25) is 9.59 Å². The van der Waals surface area contributed by atoms with Crippen LogP contribution in [-0.2, 0) is 4.79 Å². The highest BCUT2D eigenvalue weighted by Gasteiger charge is 2.15. The first-order chi connectivity index (χ1) is 9.20. The van der Waals surface area contributed by atoms with Crippen LogP contribution in [0, 0.1) is 0 Å². The third-order valence-corrected chi connectivity index (χ3v) is 3.31. The second-order valence-corrected chi connectivity index (χ2v) is 6.31. The number of nitrogens with one attached hydrogen (secondary N) is 2. The Labute approximate surface area is 127 Å². The molecular weight excluding hydrogens is 322 g/mol. The van der Waals surface area contributed by atoms with Gasteiger partial charge in [-0.2, -0.15) is 0 Å². The third-order valence-electron chi connectivity index (χ3n) is 2.43. The van der Waals surface area contributed by atoms with Crippen molar-refractivity contribution in [3.8, 4) is 0 Å². The van der Waals surface area contributed by atoms with Gasteiger partial charge in [0.25, 0.3) is 5.91 Å². The zero-order valence-corrected chi connectivity index (χ0v) is 13.5. The number of hydrogen-bond acceptors (Lipinski definition) is 3. The van der Waals surface area contributed by atoms with Gasteiger partial charge in [0.1, 0.15) is 0 Å². The van der Waals surface area contributed by atoms with E-state index in [0.29, 0.717) is 15.7 Å². The maximum Gasteiger partial charge on any atom is 0.252 e. The molecule has 0 aliphatic rings. The number of rotatable bonds is 4. The van der Waals surface area contributed by atoms with Crippen LogP contribution >= 0.6 is 15.9 Å². The van der Waals surface area contributed by atoms with E-state index >= 15 is 0 Å². The summed E-state index contributed by atoms with van der Waals surface area (Å²) in [5, 5.41) is 5.53. The van der Waals surface area contributed by atoms with Crippen molar-refractivity contribution in [2.45, 2.75) is 32.7 Å². The van der Waals surface area contributed by atoms with E-state index in [9.17, 15) is 9.59 Å². The van der Waals surface area contributed by atoms with Crippen LogP contribution in [-0.4, -0.2) is 23.9 Å². The van der Waals surface area contributed by atoms with Gasteiger partial charge in [-0.05, 0) is 48.8 Å². The number of halogens is 1. The fraction of sp³-hybridized carbons (Fsp3) is 0.429. The molecule has 0 fully saturated rings. The van der Waals surface area contributed by atoms with E-state index in [2.05, 4.69) is 26.6 Å². The number of benzene rings is 1. The van der Waals surface area contributed by atoms with Crippen LogP contribution in [0.25, 0.3) is 0 Å². The van der Waals surface area contributed by atoms with E-state index < -0.39 is 0 Å². The molecule has 0 aliphatic heterocycles. The Kier molecular flexibility index (Phi) is 5.56. The summed E-state index contributed by atoms with van der Waals surface area (Å²) in [7, 11) is 0. The van der Waals surface area contributed by atoms with E-state index in [1.165, 1.54) is 0 Å². The van der Waals surface area contributed by atoms with Gasteiger partial charge in [0.15, 0.2) is 0 Å². The maximum absolute atomic E-state index is 12.0. The first kappa shape index (κ1) is 16.5. The van der Waals surface area contributed by atoms with Gasteiger partial charge in [0.2, 0.25) is 5.91 Å². The monoisotopic (exact) mass is 341 g/mol. The summed E-state index contributed by atoms with van der Waals surface area (Å²) >= 11 is 3.28. The quantitative estimate of drug-likeness (QED) is 0.733. The van der Waals surface area contributed by atoms with Gasteiger partial charge in [0.05, 0.1) is 10.0 Å². The molecule has 1 rings (SSSR count). The van der Waals surface area contributed by atoms with Crippen molar-refractivity contribution < 1.29 is 9.59 Å². The molecule has 110 valence electrons. The molecule has 0 heterocycles. The summed E-state index contributed by atoms with van der Waals surface area (Å²) in [6.07, 6.45) is 0.239.